The van der Waals surface area contributed by atoms with E-state index in [0.717, 1.165) is 31.2 Å². The molecular formula is C11H14N4S. The van der Waals surface area contributed by atoms with Gasteiger partial charge in [0, 0.05) is 18.0 Å². The van der Waals surface area contributed by atoms with Gasteiger partial charge in [0.1, 0.15) is 11.6 Å². The Bertz CT molecular complexity index is 514. The number of anilines is 2. The fourth-order valence-electron chi connectivity index (χ4n) is 2.17. The van der Waals surface area contributed by atoms with Crippen molar-refractivity contribution in [2.45, 2.75) is 19.9 Å². The first-order chi connectivity index (χ1) is 7.74. The van der Waals surface area contributed by atoms with Crippen LogP contribution in [0.15, 0.2) is 11.4 Å². The van der Waals surface area contributed by atoms with Gasteiger partial charge in [-0.3, -0.25) is 0 Å². The highest BCUT2D eigenvalue weighted by Crippen LogP contribution is 2.29. The molecule has 1 aliphatic rings. The average Bonchev–Trinajstić information content (AvgIpc) is 2.83. The average molecular weight is 234 g/mol. The number of aromatic amines is 1. The Morgan fingerprint density at radius 3 is 3.19 bits per heavy atom. The molecule has 16 heavy (non-hydrogen) atoms. The van der Waals surface area contributed by atoms with Crippen LogP contribution in [0, 0.1) is 6.92 Å². The number of hydrogen-bond acceptors (Lipinski definition) is 4. The molecule has 0 unspecified atom stereocenters. The Labute approximate surface area is 98.1 Å². The number of H-pyrrole nitrogens is 1. The van der Waals surface area contributed by atoms with Gasteiger partial charge in [-0.1, -0.05) is 0 Å². The van der Waals surface area contributed by atoms with Gasteiger partial charge in [-0.2, -0.15) is 0 Å². The van der Waals surface area contributed by atoms with Gasteiger partial charge in [0.05, 0.1) is 0 Å². The maximum Gasteiger partial charge on any atom is 0.171 e. The van der Waals surface area contributed by atoms with Crippen LogP contribution in [0.1, 0.15) is 16.3 Å². The van der Waals surface area contributed by atoms with Gasteiger partial charge < -0.3 is 15.6 Å². The normalized spacial score (nSPS) is 15.2. The lowest BCUT2D eigenvalue weighted by molar-refractivity contribution is 0.735. The summed E-state index contributed by atoms with van der Waals surface area (Å²) in [4.78, 5) is 11.2. The van der Waals surface area contributed by atoms with Gasteiger partial charge in [0.25, 0.3) is 0 Å². The standard InChI is InChI=1S/C11H14N4S/c1-7-13-10(12)11(14-7)15-4-2-9-8(6-15)3-5-16-9/h3,5H,2,4,6,12H2,1H3,(H,13,14). The van der Waals surface area contributed by atoms with E-state index >= 15 is 0 Å². The molecule has 3 N–H and O–H groups in total. The first kappa shape index (κ1) is 9.72. The molecule has 3 heterocycles. The number of rotatable bonds is 1. The summed E-state index contributed by atoms with van der Waals surface area (Å²) in [6.45, 7) is 3.86. The quantitative estimate of drug-likeness (QED) is 0.792. The molecule has 0 aromatic carbocycles. The van der Waals surface area contributed by atoms with Gasteiger partial charge in [0.15, 0.2) is 5.82 Å². The molecule has 84 valence electrons. The molecule has 0 amide bonds. The van der Waals surface area contributed by atoms with Crippen molar-refractivity contribution < 1.29 is 0 Å². The molecule has 2 aromatic heterocycles. The Morgan fingerprint density at radius 2 is 2.44 bits per heavy atom. The molecule has 0 radical (unpaired) electrons. The minimum atomic E-state index is 0.677. The Hall–Kier alpha value is -1.49. The SMILES string of the molecule is Cc1nc(N2CCc3sccc3C2)c(N)[nH]1. The van der Waals surface area contributed by atoms with Gasteiger partial charge >= 0.3 is 0 Å². The second-order valence-electron chi connectivity index (χ2n) is 4.10. The topological polar surface area (TPSA) is 57.9 Å². The number of nitrogens with one attached hydrogen (secondary N) is 1. The molecule has 0 atom stereocenters. The molecule has 2 aromatic rings. The molecular weight excluding hydrogens is 220 g/mol. The van der Waals surface area contributed by atoms with E-state index < -0.39 is 0 Å². The minimum Gasteiger partial charge on any atom is -0.382 e. The molecule has 0 fully saturated rings. The largest absolute Gasteiger partial charge is 0.382 e. The second kappa shape index (κ2) is 3.52. The fraction of sp³-hybridized carbons (Fsp3) is 0.364. The predicted octanol–water partition coefficient (Wildman–Crippen LogP) is 1.92. The number of imidazole rings is 1. The highest BCUT2D eigenvalue weighted by atomic mass is 32.1. The maximum atomic E-state index is 5.91. The van der Waals surface area contributed by atoms with Crippen molar-refractivity contribution in [2.24, 2.45) is 0 Å². The van der Waals surface area contributed by atoms with Crippen LogP contribution in [0.25, 0.3) is 0 Å². The number of fused-ring (bicyclic) bond motifs is 1. The van der Waals surface area contributed by atoms with Crippen molar-refractivity contribution in [3.63, 3.8) is 0 Å². The van der Waals surface area contributed by atoms with Crippen molar-refractivity contribution >= 4 is 23.0 Å². The summed E-state index contributed by atoms with van der Waals surface area (Å²) in [5.74, 6) is 2.45. The molecule has 0 bridgehead atoms. The first-order valence-corrected chi connectivity index (χ1v) is 6.24. The number of nitrogen functional groups attached to an aromatic ring is 1. The van der Waals surface area contributed by atoms with E-state index in [1.54, 1.807) is 0 Å². The molecule has 0 saturated carbocycles. The third kappa shape index (κ3) is 1.48. The van der Waals surface area contributed by atoms with Crippen LogP contribution in [0.2, 0.25) is 0 Å². The van der Waals surface area contributed by atoms with Gasteiger partial charge in [-0.05, 0) is 30.4 Å². The summed E-state index contributed by atoms with van der Waals surface area (Å²) < 4.78 is 0. The summed E-state index contributed by atoms with van der Waals surface area (Å²) in [6.07, 6.45) is 1.10. The summed E-state index contributed by atoms with van der Waals surface area (Å²) in [5, 5.41) is 2.16. The van der Waals surface area contributed by atoms with Crippen molar-refractivity contribution in [1.29, 1.82) is 0 Å². The number of nitrogens with two attached hydrogens (primary N) is 1. The van der Waals surface area contributed by atoms with Crippen LogP contribution in [-0.4, -0.2) is 16.5 Å². The Kier molecular flexibility index (Phi) is 2.14. The summed E-state index contributed by atoms with van der Waals surface area (Å²) in [5.41, 5.74) is 7.32. The zero-order chi connectivity index (χ0) is 11.1. The van der Waals surface area contributed by atoms with E-state index in [1.807, 2.05) is 18.3 Å². The fourth-order valence-corrected chi connectivity index (χ4v) is 3.06. The van der Waals surface area contributed by atoms with Crippen LogP contribution >= 0.6 is 11.3 Å². The third-order valence-corrected chi connectivity index (χ3v) is 3.96. The lowest BCUT2D eigenvalue weighted by Crippen LogP contribution is -2.30. The highest BCUT2D eigenvalue weighted by Gasteiger charge is 2.20. The van der Waals surface area contributed by atoms with Crippen molar-refractivity contribution in [1.82, 2.24) is 9.97 Å². The number of hydrogen-bond donors (Lipinski definition) is 2. The molecule has 3 rings (SSSR count). The molecule has 1 aliphatic heterocycles. The van der Waals surface area contributed by atoms with E-state index in [4.69, 9.17) is 5.73 Å². The zero-order valence-corrected chi connectivity index (χ0v) is 9.97. The van der Waals surface area contributed by atoms with E-state index in [1.165, 1.54) is 10.4 Å². The number of aromatic nitrogens is 2. The van der Waals surface area contributed by atoms with E-state index in [2.05, 4.69) is 26.3 Å². The number of aryl methyl sites for hydroxylation is 1. The van der Waals surface area contributed by atoms with Crippen molar-refractivity contribution in [2.75, 3.05) is 17.2 Å². The molecule has 5 heteroatoms. The van der Waals surface area contributed by atoms with E-state index in [-0.39, 0.29) is 0 Å². The molecule has 4 nitrogen and oxygen atoms in total. The van der Waals surface area contributed by atoms with E-state index in [0.29, 0.717) is 5.82 Å². The highest BCUT2D eigenvalue weighted by molar-refractivity contribution is 7.10. The first-order valence-electron chi connectivity index (χ1n) is 5.36. The lowest BCUT2D eigenvalue weighted by Gasteiger charge is -2.27. The van der Waals surface area contributed by atoms with E-state index in [9.17, 15) is 0 Å². The second-order valence-corrected chi connectivity index (χ2v) is 5.10. The van der Waals surface area contributed by atoms with Crippen LogP contribution in [0.3, 0.4) is 0 Å². The lowest BCUT2D eigenvalue weighted by atomic mass is 10.1. The van der Waals surface area contributed by atoms with Gasteiger partial charge in [-0.25, -0.2) is 4.98 Å². The monoisotopic (exact) mass is 234 g/mol. The van der Waals surface area contributed by atoms with Crippen LogP contribution in [0.4, 0.5) is 11.6 Å². The molecule has 0 spiro atoms. The van der Waals surface area contributed by atoms with Gasteiger partial charge in [0.2, 0.25) is 0 Å². The van der Waals surface area contributed by atoms with Crippen LogP contribution in [0.5, 0.6) is 0 Å². The van der Waals surface area contributed by atoms with Crippen LogP contribution < -0.4 is 10.6 Å². The number of thiophene rings is 1. The zero-order valence-electron chi connectivity index (χ0n) is 9.16. The smallest absolute Gasteiger partial charge is 0.171 e. The Morgan fingerprint density at radius 1 is 1.56 bits per heavy atom. The molecule has 0 aliphatic carbocycles. The number of nitrogens with zero attached hydrogens (tertiary/aromatic N) is 2. The Balaban J connectivity index is 1.91. The van der Waals surface area contributed by atoms with Crippen molar-refractivity contribution in [3.8, 4) is 0 Å². The third-order valence-electron chi connectivity index (χ3n) is 2.94. The van der Waals surface area contributed by atoms with Gasteiger partial charge in [-0.15, -0.1) is 11.3 Å². The minimum absolute atomic E-state index is 0.677. The summed E-state index contributed by atoms with van der Waals surface area (Å²) in [6, 6.07) is 2.20. The maximum absolute atomic E-state index is 5.91. The summed E-state index contributed by atoms with van der Waals surface area (Å²) >= 11 is 1.85. The van der Waals surface area contributed by atoms with Crippen molar-refractivity contribution in [3.05, 3.63) is 27.7 Å². The summed E-state index contributed by atoms with van der Waals surface area (Å²) in [7, 11) is 0. The molecule has 0 saturated heterocycles. The predicted molar refractivity (Wildman–Crippen MR) is 66.8 cm³/mol. The van der Waals surface area contributed by atoms with Crippen LogP contribution in [-0.2, 0) is 13.0 Å².